The fourth-order valence-electron chi connectivity index (χ4n) is 2.34. The molecule has 1 heterocycles. The molecule has 5 heteroatoms. The fourth-order valence-corrected chi connectivity index (χ4v) is 2.34. The Kier molecular flexibility index (Phi) is 6.46. The molecule has 1 atom stereocenters. The Bertz CT molecular complexity index is 344. The minimum Gasteiger partial charge on any atom is -0.348 e. The van der Waals surface area contributed by atoms with Crippen LogP contribution in [0.15, 0.2) is 0 Å². The topological polar surface area (TPSA) is 75.4 Å². The Morgan fingerprint density at radius 2 is 2.00 bits per heavy atom. The molecule has 0 radical (unpaired) electrons. The molecule has 0 aromatic carbocycles. The normalized spacial score (nSPS) is 20.2. The van der Waals surface area contributed by atoms with Gasteiger partial charge in [0.25, 0.3) is 0 Å². The number of hydrogen-bond donors (Lipinski definition) is 2. The first-order chi connectivity index (χ1) is 9.39. The summed E-state index contributed by atoms with van der Waals surface area (Å²) in [6.07, 6.45) is 4.73. The molecule has 5 nitrogen and oxygen atoms in total. The minimum atomic E-state index is -0.414. The largest absolute Gasteiger partial charge is 0.348 e. The second-order valence-electron chi connectivity index (χ2n) is 6.30. The summed E-state index contributed by atoms with van der Waals surface area (Å²) in [7, 11) is 0. The highest BCUT2D eigenvalue weighted by Crippen LogP contribution is 2.15. The quantitative estimate of drug-likeness (QED) is 0.798. The van der Waals surface area contributed by atoms with Gasteiger partial charge in [0.2, 0.25) is 11.8 Å². The van der Waals surface area contributed by atoms with Crippen LogP contribution in [0, 0.1) is 5.92 Å². The number of nitrogens with two attached hydrogens (primary N) is 1. The summed E-state index contributed by atoms with van der Waals surface area (Å²) in [6.45, 7) is 7.26. The van der Waals surface area contributed by atoms with E-state index in [1.807, 2.05) is 20.8 Å². The Morgan fingerprint density at radius 1 is 1.35 bits per heavy atom. The lowest BCUT2D eigenvalue weighted by atomic mass is 9.88. The van der Waals surface area contributed by atoms with Crippen LogP contribution in [0.1, 0.15) is 52.9 Å². The van der Waals surface area contributed by atoms with E-state index in [-0.39, 0.29) is 24.3 Å². The van der Waals surface area contributed by atoms with Gasteiger partial charge in [-0.15, -0.1) is 0 Å². The van der Waals surface area contributed by atoms with Crippen LogP contribution in [0.25, 0.3) is 0 Å². The third-order valence-electron chi connectivity index (χ3n) is 4.38. The molecule has 1 saturated heterocycles. The van der Waals surface area contributed by atoms with Gasteiger partial charge in [0.05, 0.1) is 12.1 Å². The zero-order chi connectivity index (χ0) is 15.2. The van der Waals surface area contributed by atoms with Crippen molar-refractivity contribution in [1.29, 1.82) is 0 Å². The second kappa shape index (κ2) is 7.62. The number of carbonyl (C=O) groups excluding carboxylic acids is 2. The van der Waals surface area contributed by atoms with Gasteiger partial charge in [0, 0.05) is 19.5 Å². The van der Waals surface area contributed by atoms with Gasteiger partial charge in [0.15, 0.2) is 0 Å². The number of likely N-dealkylation sites (tertiary alicyclic amines) is 1. The standard InChI is InChI=1S/C15H29N3O2/c1-12(2)15(3,11-16)17-13(19)10-18-9-7-5-4-6-8-14(18)20/h12H,4-11,16H2,1-3H3,(H,17,19). The number of rotatable bonds is 5. The molecule has 0 saturated carbocycles. The van der Waals surface area contributed by atoms with Crippen molar-refractivity contribution in [2.45, 2.75) is 58.4 Å². The summed E-state index contributed by atoms with van der Waals surface area (Å²) < 4.78 is 0. The maximum Gasteiger partial charge on any atom is 0.240 e. The first kappa shape index (κ1) is 17.0. The minimum absolute atomic E-state index is 0.0962. The average Bonchev–Trinajstić information content (AvgIpc) is 2.38. The van der Waals surface area contributed by atoms with E-state index < -0.39 is 5.54 Å². The Labute approximate surface area is 122 Å². The molecule has 20 heavy (non-hydrogen) atoms. The number of nitrogens with zero attached hydrogens (tertiary/aromatic N) is 1. The lowest BCUT2D eigenvalue weighted by Gasteiger charge is -2.34. The molecule has 0 aromatic heterocycles. The van der Waals surface area contributed by atoms with Crippen LogP contribution in [0.3, 0.4) is 0 Å². The van der Waals surface area contributed by atoms with E-state index in [1.165, 1.54) is 0 Å². The van der Waals surface area contributed by atoms with Gasteiger partial charge in [-0.3, -0.25) is 9.59 Å². The molecule has 1 aliphatic rings. The maximum absolute atomic E-state index is 12.2. The van der Waals surface area contributed by atoms with Crippen molar-refractivity contribution in [3.05, 3.63) is 0 Å². The van der Waals surface area contributed by atoms with E-state index in [0.717, 1.165) is 25.7 Å². The number of hydrogen-bond acceptors (Lipinski definition) is 3. The summed E-state index contributed by atoms with van der Waals surface area (Å²) in [5.74, 6) is 0.235. The third kappa shape index (κ3) is 4.78. The van der Waals surface area contributed by atoms with Crippen LogP contribution in [-0.2, 0) is 9.59 Å². The lowest BCUT2D eigenvalue weighted by Crippen LogP contribution is -2.57. The molecule has 0 spiro atoms. The highest BCUT2D eigenvalue weighted by Gasteiger charge is 2.29. The average molecular weight is 283 g/mol. The molecule has 116 valence electrons. The van der Waals surface area contributed by atoms with E-state index >= 15 is 0 Å². The maximum atomic E-state index is 12.2. The van der Waals surface area contributed by atoms with Crippen molar-refractivity contribution in [2.24, 2.45) is 11.7 Å². The molecular weight excluding hydrogens is 254 g/mol. The summed E-state index contributed by atoms with van der Waals surface area (Å²) >= 11 is 0. The monoisotopic (exact) mass is 283 g/mol. The van der Waals surface area contributed by atoms with E-state index in [9.17, 15) is 9.59 Å². The smallest absolute Gasteiger partial charge is 0.240 e. The van der Waals surface area contributed by atoms with Crippen LogP contribution < -0.4 is 11.1 Å². The van der Waals surface area contributed by atoms with Crippen molar-refractivity contribution in [3.8, 4) is 0 Å². The van der Waals surface area contributed by atoms with Crippen LogP contribution in [0.2, 0.25) is 0 Å². The van der Waals surface area contributed by atoms with E-state index in [4.69, 9.17) is 5.73 Å². The van der Waals surface area contributed by atoms with Crippen LogP contribution >= 0.6 is 0 Å². The fraction of sp³-hybridized carbons (Fsp3) is 0.867. The van der Waals surface area contributed by atoms with Gasteiger partial charge in [0.1, 0.15) is 0 Å². The van der Waals surface area contributed by atoms with Gasteiger partial charge >= 0.3 is 0 Å². The molecule has 1 fully saturated rings. The van der Waals surface area contributed by atoms with Crippen molar-refractivity contribution in [1.82, 2.24) is 10.2 Å². The Balaban J connectivity index is 2.57. The molecular formula is C15H29N3O2. The van der Waals surface area contributed by atoms with Crippen molar-refractivity contribution < 1.29 is 9.59 Å². The highest BCUT2D eigenvalue weighted by atomic mass is 16.2. The van der Waals surface area contributed by atoms with Gasteiger partial charge in [-0.1, -0.05) is 26.7 Å². The number of carbonyl (C=O) groups is 2. The van der Waals surface area contributed by atoms with Crippen LogP contribution in [-0.4, -0.2) is 41.9 Å². The lowest BCUT2D eigenvalue weighted by molar-refractivity contribution is -0.137. The van der Waals surface area contributed by atoms with E-state index in [2.05, 4.69) is 5.32 Å². The summed E-state index contributed by atoms with van der Waals surface area (Å²) in [5, 5.41) is 2.99. The van der Waals surface area contributed by atoms with Crippen molar-refractivity contribution >= 4 is 11.8 Å². The molecule has 2 amide bonds. The number of nitrogens with one attached hydrogen (secondary N) is 1. The van der Waals surface area contributed by atoms with Gasteiger partial charge < -0.3 is 16.0 Å². The third-order valence-corrected chi connectivity index (χ3v) is 4.38. The molecule has 0 bridgehead atoms. The molecule has 1 aliphatic heterocycles. The highest BCUT2D eigenvalue weighted by molar-refractivity contribution is 5.85. The van der Waals surface area contributed by atoms with Crippen LogP contribution in [0.4, 0.5) is 0 Å². The predicted molar refractivity (Wildman–Crippen MR) is 80.1 cm³/mol. The molecule has 0 aromatic rings. The van der Waals surface area contributed by atoms with Crippen LogP contribution in [0.5, 0.6) is 0 Å². The van der Waals surface area contributed by atoms with E-state index in [0.29, 0.717) is 19.5 Å². The molecule has 0 aliphatic carbocycles. The molecule has 3 N–H and O–H groups in total. The van der Waals surface area contributed by atoms with Crippen molar-refractivity contribution in [3.63, 3.8) is 0 Å². The first-order valence-corrected chi connectivity index (χ1v) is 7.68. The second-order valence-corrected chi connectivity index (χ2v) is 6.30. The van der Waals surface area contributed by atoms with Gasteiger partial charge in [-0.2, -0.15) is 0 Å². The van der Waals surface area contributed by atoms with Crippen molar-refractivity contribution in [2.75, 3.05) is 19.6 Å². The SMILES string of the molecule is CC(C)C(C)(CN)NC(=O)CN1CCCCCCC1=O. The summed E-state index contributed by atoms with van der Waals surface area (Å²) in [6, 6.07) is 0. The first-order valence-electron chi connectivity index (χ1n) is 7.68. The summed E-state index contributed by atoms with van der Waals surface area (Å²) in [5.41, 5.74) is 5.35. The Hall–Kier alpha value is -1.10. The van der Waals surface area contributed by atoms with Gasteiger partial charge in [-0.25, -0.2) is 0 Å². The number of amides is 2. The Morgan fingerprint density at radius 3 is 2.60 bits per heavy atom. The molecule has 1 unspecified atom stereocenters. The van der Waals surface area contributed by atoms with Gasteiger partial charge in [-0.05, 0) is 25.7 Å². The summed E-state index contributed by atoms with van der Waals surface area (Å²) in [4.78, 5) is 25.9. The molecule has 1 rings (SSSR count). The zero-order valence-electron chi connectivity index (χ0n) is 13.1. The predicted octanol–water partition coefficient (Wildman–Crippen LogP) is 1.27. The van der Waals surface area contributed by atoms with E-state index in [1.54, 1.807) is 4.90 Å². The zero-order valence-corrected chi connectivity index (χ0v) is 13.1.